The summed E-state index contributed by atoms with van der Waals surface area (Å²) in [4.78, 5) is 11.7. The molecule has 6 heteroatoms. The molecule has 0 saturated heterocycles. The van der Waals surface area contributed by atoms with Gasteiger partial charge < -0.3 is 9.52 Å². The first kappa shape index (κ1) is 14.3. The summed E-state index contributed by atoms with van der Waals surface area (Å²) in [6.45, 7) is 1.89. The molecular formula is C14H13BrN2O3. The van der Waals surface area contributed by atoms with Crippen LogP contribution >= 0.6 is 15.9 Å². The topological polar surface area (TPSA) is 74.8 Å². The molecule has 1 amide bonds. The van der Waals surface area contributed by atoms with Crippen LogP contribution in [0.2, 0.25) is 0 Å². The zero-order valence-electron chi connectivity index (χ0n) is 10.8. The van der Waals surface area contributed by atoms with Crippen molar-refractivity contribution in [3.05, 3.63) is 52.4 Å². The van der Waals surface area contributed by atoms with Crippen molar-refractivity contribution in [1.29, 1.82) is 0 Å². The number of halogens is 1. The highest BCUT2D eigenvalue weighted by Crippen LogP contribution is 2.23. The van der Waals surface area contributed by atoms with Gasteiger partial charge in [0.25, 0.3) is 0 Å². The van der Waals surface area contributed by atoms with Gasteiger partial charge in [-0.1, -0.05) is 22.9 Å². The van der Waals surface area contributed by atoms with Crippen LogP contribution in [0.5, 0.6) is 5.75 Å². The second-order valence-electron chi connectivity index (χ2n) is 3.99. The Labute approximate surface area is 124 Å². The Hall–Kier alpha value is -2.08. The van der Waals surface area contributed by atoms with E-state index in [0.29, 0.717) is 17.7 Å². The number of hydrazone groups is 1. The predicted molar refractivity (Wildman–Crippen MR) is 78.8 cm³/mol. The summed E-state index contributed by atoms with van der Waals surface area (Å²) < 4.78 is 5.79. The molecule has 0 radical (unpaired) electrons. The minimum absolute atomic E-state index is 0.112. The number of furan rings is 1. The maximum absolute atomic E-state index is 11.7. The van der Waals surface area contributed by atoms with Gasteiger partial charge in [0.15, 0.2) is 5.76 Å². The normalized spacial score (nSPS) is 11.4. The van der Waals surface area contributed by atoms with Crippen LogP contribution in [0.1, 0.15) is 29.5 Å². The van der Waals surface area contributed by atoms with Crippen LogP contribution in [0.4, 0.5) is 0 Å². The summed E-state index contributed by atoms with van der Waals surface area (Å²) in [5.74, 6) is -0.140. The van der Waals surface area contributed by atoms with Gasteiger partial charge in [-0.2, -0.15) is 5.10 Å². The van der Waals surface area contributed by atoms with Gasteiger partial charge in [0, 0.05) is 10.0 Å². The molecule has 2 aromatic rings. The van der Waals surface area contributed by atoms with Gasteiger partial charge in [0.1, 0.15) is 5.75 Å². The predicted octanol–water partition coefficient (Wildman–Crippen LogP) is 3.29. The second kappa shape index (κ2) is 6.38. The number of rotatable bonds is 4. The Morgan fingerprint density at radius 1 is 1.45 bits per heavy atom. The van der Waals surface area contributed by atoms with E-state index in [9.17, 15) is 9.90 Å². The third-order valence-corrected chi connectivity index (χ3v) is 3.14. The number of nitrogens with zero attached hydrogens (tertiary/aromatic N) is 1. The van der Waals surface area contributed by atoms with Crippen LogP contribution in [0.15, 0.2) is 50.6 Å². The van der Waals surface area contributed by atoms with Crippen LogP contribution in [-0.2, 0) is 0 Å². The first-order valence-corrected chi connectivity index (χ1v) is 6.80. The van der Waals surface area contributed by atoms with Crippen LogP contribution in [0, 0.1) is 0 Å². The fraction of sp³-hybridized carbons (Fsp3) is 0.143. The number of carbonyl (C=O) groups is 1. The lowest BCUT2D eigenvalue weighted by molar-refractivity contribution is 0.0927. The van der Waals surface area contributed by atoms with E-state index in [1.165, 1.54) is 6.26 Å². The maximum atomic E-state index is 11.7. The highest BCUT2D eigenvalue weighted by molar-refractivity contribution is 9.10. The zero-order chi connectivity index (χ0) is 14.5. The molecule has 0 spiro atoms. The van der Waals surface area contributed by atoms with Gasteiger partial charge in [0.2, 0.25) is 0 Å². The number of aromatic hydroxyl groups is 1. The maximum Gasteiger partial charge on any atom is 0.307 e. The molecule has 5 nitrogen and oxygen atoms in total. The van der Waals surface area contributed by atoms with Gasteiger partial charge in [-0.3, -0.25) is 4.79 Å². The zero-order valence-corrected chi connectivity index (χ0v) is 12.3. The van der Waals surface area contributed by atoms with Crippen molar-refractivity contribution in [2.45, 2.75) is 13.3 Å². The Bertz CT molecular complexity index is 636. The summed E-state index contributed by atoms with van der Waals surface area (Å²) in [6, 6.07) is 8.22. The Balaban J connectivity index is 2.21. The van der Waals surface area contributed by atoms with Gasteiger partial charge in [0.05, 0.1) is 12.0 Å². The quantitative estimate of drug-likeness (QED) is 0.664. The van der Waals surface area contributed by atoms with Crippen molar-refractivity contribution in [1.82, 2.24) is 5.43 Å². The number of carbonyl (C=O) groups excluding carboxylic acids is 1. The van der Waals surface area contributed by atoms with Crippen LogP contribution < -0.4 is 5.43 Å². The lowest BCUT2D eigenvalue weighted by Gasteiger charge is -2.07. The SMILES string of the molecule is CC/C(=N\NC(=O)c1ccco1)c1cc(Br)ccc1O. The van der Waals surface area contributed by atoms with E-state index in [1.807, 2.05) is 6.92 Å². The molecule has 104 valence electrons. The van der Waals surface area contributed by atoms with Crippen LogP contribution in [-0.4, -0.2) is 16.7 Å². The van der Waals surface area contributed by atoms with Crippen molar-refractivity contribution in [3.63, 3.8) is 0 Å². The monoisotopic (exact) mass is 336 g/mol. The standard InChI is InChI=1S/C14H13BrN2O3/c1-2-11(10-8-9(15)5-6-12(10)18)16-17-14(19)13-4-3-7-20-13/h3-8,18H,2H2,1H3,(H,17,19)/b16-11+. The fourth-order valence-electron chi connectivity index (χ4n) is 1.65. The largest absolute Gasteiger partial charge is 0.507 e. The fourth-order valence-corrected chi connectivity index (χ4v) is 2.01. The lowest BCUT2D eigenvalue weighted by atomic mass is 10.1. The minimum atomic E-state index is -0.435. The molecule has 0 fully saturated rings. The van der Waals surface area contributed by atoms with Crippen molar-refractivity contribution in [2.24, 2.45) is 5.10 Å². The number of nitrogens with one attached hydrogen (secondary N) is 1. The van der Waals surface area contributed by atoms with Crippen molar-refractivity contribution >= 4 is 27.5 Å². The van der Waals surface area contributed by atoms with Crippen LogP contribution in [0.25, 0.3) is 0 Å². The van der Waals surface area contributed by atoms with E-state index in [2.05, 4.69) is 26.5 Å². The Kier molecular flexibility index (Phi) is 4.57. The van der Waals surface area contributed by atoms with E-state index < -0.39 is 5.91 Å². The molecule has 0 unspecified atom stereocenters. The lowest BCUT2D eigenvalue weighted by Crippen LogP contribution is -2.19. The molecule has 20 heavy (non-hydrogen) atoms. The summed E-state index contributed by atoms with van der Waals surface area (Å²) in [7, 11) is 0. The number of benzene rings is 1. The third kappa shape index (κ3) is 3.27. The molecule has 0 atom stereocenters. The van der Waals surface area contributed by atoms with Gasteiger partial charge in [-0.05, 0) is 36.8 Å². The molecule has 0 aliphatic rings. The van der Waals surface area contributed by atoms with Gasteiger partial charge in [-0.25, -0.2) is 5.43 Å². The molecule has 0 aliphatic carbocycles. The smallest absolute Gasteiger partial charge is 0.307 e. The molecule has 1 aromatic heterocycles. The molecular weight excluding hydrogens is 324 g/mol. The van der Waals surface area contributed by atoms with Gasteiger partial charge in [-0.15, -0.1) is 0 Å². The van der Waals surface area contributed by atoms with E-state index >= 15 is 0 Å². The highest BCUT2D eigenvalue weighted by atomic mass is 79.9. The van der Waals surface area contributed by atoms with Gasteiger partial charge >= 0.3 is 5.91 Å². The van der Waals surface area contributed by atoms with Crippen LogP contribution in [0.3, 0.4) is 0 Å². The summed E-state index contributed by atoms with van der Waals surface area (Å²) in [5.41, 5.74) is 3.55. The molecule has 0 aliphatic heterocycles. The minimum Gasteiger partial charge on any atom is -0.507 e. The van der Waals surface area contributed by atoms with E-state index in [1.54, 1.807) is 30.3 Å². The summed E-state index contributed by atoms with van der Waals surface area (Å²) >= 11 is 3.34. The average molecular weight is 337 g/mol. The first-order valence-electron chi connectivity index (χ1n) is 6.01. The molecule has 0 saturated carbocycles. The number of phenolic OH excluding ortho intramolecular Hbond substituents is 1. The number of amides is 1. The first-order chi connectivity index (χ1) is 9.61. The molecule has 0 bridgehead atoms. The molecule has 2 rings (SSSR count). The van der Waals surface area contributed by atoms with E-state index in [-0.39, 0.29) is 11.5 Å². The van der Waals surface area contributed by atoms with Crippen molar-refractivity contribution in [3.8, 4) is 5.75 Å². The van der Waals surface area contributed by atoms with E-state index in [0.717, 1.165) is 4.47 Å². The average Bonchev–Trinajstić information content (AvgIpc) is 2.97. The molecule has 1 heterocycles. The second-order valence-corrected chi connectivity index (χ2v) is 4.91. The van der Waals surface area contributed by atoms with E-state index in [4.69, 9.17) is 4.42 Å². The summed E-state index contributed by atoms with van der Waals surface area (Å²) in [6.07, 6.45) is 1.97. The third-order valence-electron chi connectivity index (χ3n) is 2.64. The Morgan fingerprint density at radius 2 is 2.25 bits per heavy atom. The number of phenols is 1. The Morgan fingerprint density at radius 3 is 2.90 bits per heavy atom. The number of hydrogen-bond acceptors (Lipinski definition) is 4. The van der Waals surface area contributed by atoms with Crippen molar-refractivity contribution < 1.29 is 14.3 Å². The molecule has 2 N–H and O–H groups in total. The summed E-state index contributed by atoms with van der Waals surface area (Å²) in [5, 5.41) is 13.9. The molecule has 1 aromatic carbocycles. The highest BCUT2D eigenvalue weighted by Gasteiger charge is 2.11. The number of hydrogen-bond donors (Lipinski definition) is 2. The van der Waals surface area contributed by atoms with Crippen molar-refractivity contribution in [2.75, 3.05) is 0 Å².